The Labute approximate surface area is 197 Å². The Morgan fingerprint density at radius 2 is 1.85 bits per heavy atom. The number of ketones is 1. The summed E-state index contributed by atoms with van der Waals surface area (Å²) in [5.41, 5.74) is 2.69. The second-order valence-corrected chi connectivity index (χ2v) is 9.51. The summed E-state index contributed by atoms with van der Waals surface area (Å²) in [6.07, 6.45) is 1.03. The molecule has 4 rings (SSSR count). The third-order valence-corrected chi connectivity index (χ3v) is 6.19. The van der Waals surface area contributed by atoms with Crippen LogP contribution < -0.4 is 15.4 Å². The molecule has 0 aromatic heterocycles. The second kappa shape index (κ2) is 9.05. The van der Waals surface area contributed by atoms with Crippen LogP contribution in [0.1, 0.15) is 52.0 Å². The zero-order valence-electron chi connectivity index (χ0n) is 19.7. The van der Waals surface area contributed by atoms with Crippen molar-refractivity contribution >= 4 is 17.4 Å². The van der Waals surface area contributed by atoms with Crippen molar-refractivity contribution in [3.8, 4) is 5.75 Å². The Balaban J connectivity index is 1.79. The number of allylic oxidation sites excluding steroid dienone is 3. The van der Waals surface area contributed by atoms with Gasteiger partial charge < -0.3 is 15.4 Å². The first-order valence-corrected chi connectivity index (χ1v) is 11.3. The lowest BCUT2D eigenvalue weighted by atomic mass is 9.68. The lowest BCUT2D eigenvalue weighted by Gasteiger charge is -2.39. The highest BCUT2D eigenvalue weighted by Gasteiger charge is 2.42. The molecule has 1 atom stereocenters. The predicted molar refractivity (Wildman–Crippen MR) is 126 cm³/mol. The number of anilines is 1. The smallest absolute Gasteiger partial charge is 0.254 e. The number of hydrogen-bond acceptors (Lipinski definition) is 4. The highest BCUT2D eigenvalue weighted by molar-refractivity contribution is 6.10. The fourth-order valence-corrected chi connectivity index (χ4v) is 4.77. The summed E-state index contributed by atoms with van der Waals surface area (Å²) in [6.45, 7) is 8.27. The molecule has 0 saturated heterocycles. The Hall–Kier alpha value is -3.48. The third-order valence-electron chi connectivity index (χ3n) is 6.19. The van der Waals surface area contributed by atoms with Crippen LogP contribution in [0.5, 0.6) is 5.75 Å². The zero-order chi connectivity index (χ0) is 24.6. The molecule has 1 amide bonds. The highest BCUT2D eigenvalue weighted by Crippen LogP contribution is 2.47. The summed E-state index contributed by atoms with van der Waals surface area (Å²) >= 11 is 0. The second-order valence-electron chi connectivity index (χ2n) is 9.51. The van der Waals surface area contributed by atoms with Gasteiger partial charge in [0.15, 0.2) is 5.78 Å². The number of nitrogens with one attached hydrogen (secondary N) is 2. The van der Waals surface area contributed by atoms with Gasteiger partial charge in [0.25, 0.3) is 5.91 Å². The molecule has 1 aliphatic heterocycles. The van der Waals surface area contributed by atoms with Crippen LogP contribution in [0.15, 0.2) is 65.0 Å². The van der Waals surface area contributed by atoms with E-state index < -0.39 is 23.5 Å². The van der Waals surface area contributed by atoms with E-state index in [1.807, 2.05) is 45.0 Å². The number of hydrogen-bond donors (Lipinski definition) is 2. The summed E-state index contributed by atoms with van der Waals surface area (Å²) in [5, 5.41) is 5.83. The highest BCUT2D eigenvalue weighted by atomic mass is 19.1. The van der Waals surface area contributed by atoms with E-state index in [-0.39, 0.29) is 16.9 Å². The number of carbonyl (C=O) groups excluding carboxylic acids is 2. The van der Waals surface area contributed by atoms with Crippen LogP contribution in [0.3, 0.4) is 0 Å². The maximum atomic E-state index is 14.3. The molecule has 0 spiro atoms. The molecule has 2 aliphatic rings. The molecule has 7 heteroatoms. The van der Waals surface area contributed by atoms with Gasteiger partial charge in [-0.15, -0.1) is 0 Å². The minimum atomic E-state index is -0.872. The minimum absolute atomic E-state index is 0.0246. The average molecular weight is 467 g/mol. The molecule has 178 valence electrons. The number of dihydropyridines is 1. The molecule has 0 bridgehead atoms. The summed E-state index contributed by atoms with van der Waals surface area (Å²) in [4.78, 5) is 26.8. The fourth-order valence-electron chi connectivity index (χ4n) is 4.77. The van der Waals surface area contributed by atoms with Crippen LogP contribution in [-0.4, -0.2) is 18.3 Å². The van der Waals surface area contributed by atoms with Crippen LogP contribution in [-0.2, 0) is 9.59 Å². The van der Waals surface area contributed by atoms with Crippen LogP contribution in [0, 0.1) is 17.0 Å². The van der Waals surface area contributed by atoms with Gasteiger partial charge in [0.2, 0.25) is 0 Å². The summed E-state index contributed by atoms with van der Waals surface area (Å²) in [7, 11) is 0. The molecule has 0 radical (unpaired) electrons. The molecule has 1 unspecified atom stereocenters. The van der Waals surface area contributed by atoms with Crippen molar-refractivity contribution in [2.24, 2.45) is 5.41 Å². The van der Waals surface area contributed by atoms with Gasteiger partial charge in [0, 0.05) is 40.9 Å². The Bertz CT molecular complexity index is 1210. The quantitative estimate of drug-likeness (QED) is 0.601. The number of carbonyl (C=O) groups is 2. The number of halogens is 2. The van der Waals surface area contributed by atoms with Gasteiger partial charge in [-0.05, 0) is 55.5 Å². The van der Waals surface area contributed by atoms with Crippen molar-refractivity contribution in [1.82, 2.24) is 5.32 Å². The normalized spacial score (nSPS) is 19.5. The molecule has 1 aliphatic carbocycles. The summed E-state index contributed by atoms with van der Waals surface area (Å²) in [5.74, 6) is -2.13. The first kappa shape index (κ1) is 23.7. The van der Waals surface area contributed by atoms with E-state index in [9.17, 15) is 18.4 Å². The lowest BCUT2D eigenvalue weighted by Crippen LogP contribution is -2.39. The van der Waals surface area contributed by atoms with Gasteiger partial charge in [-0.2, -0.15) is 0 Å². The van der Waals surface area contributed by atoms with E-state index in [1.54, 1.807) is 6.92 Å². The van der Waals surface area contributed by atoms with Gasteiger partial charge >= 0.3 is 0 Å². The number of rotatable bonds is 5. The molecule has 0 saturated carbocycles. The molecule has 2 N–H and O–H groups in total. The molecular weight excluding hydrogens is 438 g/mol. The number of amides is 1. The maximum absolute atomic E-state index is 14.3. The van der Waals surface area contributed by atoms with E-state index in [4.69, 9.17) is 4.74 Å². The van der Waals surface area contributed by atoms with E-state index in [2.05, 4.69) is 10.6 Å². The third kappa shape index (κ3) is 4.60. The predicted octanol–water partition coefficient (Wildman–Crippen LogP) is 5.61. The largest absolute Gasteiger partial charge is 0.494 e. The van der Waals surface area contributed by atoms with Crippen LogP contribution in [0.4, 0.5) is 14.5 Å². The Morgan fingerprint density at radius 3 is 2.50 bits per heavy atom. The Kier molecular flexibility index (Phi) is 6.30. The minimum Gasteiger partial charge on any atom is -0.494 e. The van der Waals surface area contributed by atoms with Crippen molar-refractivity contribution < 1.29 is 23.1 Å². The lowest BCUT2D eigenvalue weighted by molar-refractivity contribution is -0.118. The topological polar surface area (TPSA) is 67.4 Å². The Morgan fingerprint density at radius 1 is 1.15 bits per heavy atom. The molecule has 34 heavy (non-hydrogen) atoms. The van der Waals surface area contributed by atoms with Crippen LogP contribution in [0.25, 0.3) is 0 Å². The van der Waals surface area contributed by atoms with Crippen molar-refractivity contribution in [3.05, 3.63) is 82.2 Å². The van der Waals surface area contributed by atoms with E-state index in [0.717, 1.165) is 17.3 Å². The van der Waals surface area contributed by atoms with Crippen molar-refractivity contribution in [2.75, 3.05) is 11.9 Å². The van der Waals surface area contributed by atoms with Crippen LogP contribution >= 0.6 is 0 Å². The van der Waals surface area contributed by atoms with Gasteiger partial charge in [0.1, 0.15) is 17.4 Å². The van der Waals surface area contributed by atoms with Crippen molar-refractivity contribution in [2.45, 2.75) is 46.5 Å². The van der Waals surface area contributed by atoms with Crippen LogP contribution in [0.2, 0.25) is 0 Å². The zero-order valence-corrected chi connectivity index (χ0v) is 19.7. The summed E-state index contributed by atoms with van der Waals surface area (Å²) < 4.78 is 33.1. The van der Waals surface area contributed by atoms with Gasteiger partial charge in [0.05, 0.1) is 12.3 Å². The molecular formula is C27H28F2N2O3. The molecule has 5 nitrogen and oxygen atoms in total. The monoisotopic (exact) mass is 466 g/mol. The average Bonchev–Trinajstić information content (AvgIpc) is 2.74. The molecule has 2 aromatic carbocycles. The van der Waals surface area contributed by atoms with Gasteiger partial charge in [-0.25, -0.2) is 8.78 Å². The first-order valence-electron chi connectivity index (χ1n) is 11.3. The number of ether oxygens (including phenoxy) is 1. The van der Waals surface area contributed by atoms with Gasteiger partial charge in [-0.3, -0.25) is 9.59 Å². The summed E-state index contributed by atoms with van der Waals surface area (Å²) in [6, 6.07) is 10.3. The first-order chi connectivity index (χ1) is 16.1. The SMILES string of the molecule is CCOc1ccc(C2C(C(=O)Nc3ccc(F)cc3F)=C(C)NC3=C2C(=O)CC(C)(C)C3)cc1. The fraction of sp³-hybridized carbons (Fsp3) is 0.333. The number of benzene rings is 2. The van der Waals surface area contributed by atoms with Gasteiger partial charge in [-0.1, -0.05) is 26.0 Å². The molecule has 0 fully saturated rings. The van der Waals surface area contributed by atoms with E-state index >= 15 is 0 Å². The maximum Gasteiger partial charge on any atom is 0.254 e. The van der Waals surface area contributed by atoms with E-state index in [0.29, 0.717) is 48.1 Å². The molecule has 1 heterocycles. The standard InChI is InChI=1S/C27H28F2N2O3/c1-5-34-18-9-6-16(7-10-18)24-23(26(33)31-20-11-8-17(28)12-19(20)29)15(2)30-21-13-27(3,4)14-22(32)25(21)24/h6-12,24,30H,5,13-14H2,1-4H3,(H,31,33). The number of Topliss-reactive ketones (excluding diaryl/α,β-unsaturated/α-hetero) is 1. The van der Waals surface area contributed by atoms with Crippen molar-refractivity contribution in [3.63, 3.8) is 0 Å². The van der Waals surface area contributed by atoms with Crippen molar-refractivity contribution in [1.29, 1.82) is 0 Å². The van der Waals surface area contributed by atoms with E-state index in [1.165, 1.54) is 6.07 Å². The molecule has 2 aromatic rings.